The smallest absolute Gasteiger partial charge is 0.0349 e. The first kappa shape index (κ1) is 20.4. The normalized spacial score (nSPS) is 17.1. The fourth-order valence-corrected chi connectivity index (χ4v) is 2.71. The highest BCUT2D eigenvalue weighted by Crippen LogP contribution is 2.45. The number of hydrogen-bond donors (Lipinski definition) is 0. The zero-order valence-electron chi connectivity index (χ0n) is 15.6. The van der Waals surface area contributed by atoms with Crippen molar-refractivity contribution in [3.05, 3.63) is 53.9 Å². The highest BCUT2D eigenvalue weighted by molar-refractivity contribution is 5.74. The fourth-order valence-electron chi connectivity index (χ4n) is 2.71. The molecule has 1 heterocycles. The summed E-state index contributed by atoms with van der Waals surface area (Å²) in [5.74, 6) is 1.17. The number of fused-ring (bicyclic) bond motifs is 3. The molecule has 0 radical (unpaired) electrons. The van der Waals surface area contributed by atoms with Crippen molar-refractivity contribution in [2.24, 2.45) is 0 Å². The lowest BCUT2D eigenvalue weighted by molar-refractivity contribution is 0.615. The lowest BCUT2D eigenvalue weighted by Crippen LogP contribution is -2.13. The van der Waals surface area contributed by atoms with Crippen LogP contribution in [0.4, 0.5) is 0 Å². The average Bonchev–Trinajstić information content (AvgIpc) is 2.65. The largest absolute Gasteiger partial charge is 0.264 e. The zero-order chi connectivity index (χ0) is 17.1. The van der Waals surface area contributed by atoms with Gasteiger partial charge in [-0.3, -0.25) is 4.98 Å². The highest BCUT2D eigenvalue weighted by Gasteiger charge is 2.27. The van der Waals surface area contributed by atoms with Crippen molar-refractivity contribution in [1.29, 1.82) is 0 Å². The number of pyridine rings is 1. The summed E-state index contributed by atoms with van der Waals surface area (Å²) in [6.45, 7) is 16.6. The number of hydrogen-bond acceptors (Lipinski definition) is 1. The maximum atomic E-state index is 4.26. The minimum absolute atomic E-state index is 0.577. The summed E-state index contributed by atoms with van der Waals surface area (Å²) in [5.41, 5.74) is 5.55. The van der Waals surface area contributed by atoms with Crippen LogP contribution in [0.15, 0.2) is 42.7 Å². The Bertz CT molecular complexity index is 481. The van der Waals surface area contributed by atoms with Crippen molar-refractivity contribution >= 4 is 0 Å². The molecule has 1 aliphatic carbocycles. The molecule has 0 N–H and O–H groups in total. The van der Waals surface area contributed by atoms with Gasteiger partial charge in [-0.05, 0) is 34.6 Å². The van der Waals surface area contributed by atoms with Crippen LogP contribution in [0, 0.1) is 0 Å². The highest BCUT2D eigenvalue weighted by atomic mass is 14.6. The molecular formula is C21H33N. The Morgan fingerprint density at radius 3 is 1.77 bits per heavy atom. The summed E-state index contributed by atoms with van der Waals surface area (Å²) < 4.78 is 0. The summed E-state index contributed by atoms with van der Waals surface area (Å²) >= 11 is 0. The van der Waals surface area contributed by atoms with Crippen molar-refractivity contribution in [2.75, 3.05) is 0 Å². The molecule has 0 aliphatic heterocycles. The molecule has 0 spiro atoms. The van der Waals surface area contributed by atoms with Crippen LogP contribution >= 0.6 is 0 Å². The van der Waals surface area contributed by atoms with Crippen LogP contribution in [0.5, 0.6) is 0 Å². The van der Waals surface area contributed by atoms with Crippen molar-refractivity contribution in [2.45, 2.75) is 67.2 Å². The summed E-state index contributed by atoms with van der Waals surface area (Å²) in [6.07, 6.45) is 3.90. The minimum Gasteiger partial charge on any atom is -0.264 e. The first-order valence-electron chi connectivity index (χ1n) is 8.82. The topological polar surface area (TPSA) is 12.9 Å². The molecule has 0 saturated carbocycles. The Morgan fingerprint density at radius 2 is 1.18 bits per heavy atom. The van der Waals surface area contributed by atoms with E-state index in [9.17, 15) is 0 Å². The molecule has 1 aromatic heterocycles. The third-order valence-electron chi connectivity index (χ3n) is 3.84. The Kier molecular flexibility index (Phi) is 10.2. The Morgan fingerprint density at radius 1 is 0.682 bits per heavy atom. The summed E-state index contributed by atoms with van der Waals surface area (Å²) in [4.78, 5) is 4.26. The van der Waals surface area contributed by atoms with Gasteiger partial charge in [0.2, 0.25) is 0 Å². The standard InChI is InChI=1S/C15H15N.3C2H6/c1-10-11(2)13-7-8-16-9-15(13)14-6-4-3-5-12(10)14;3*1-2/h3-11H,1-2H3;3*1-2H3. The van der Waals surface area contributed by atoms with Gasteiger partial charge in [0.05, 0.1) is 0 Å². The molecule has 2 aromatic rings. The van der Waals surface area contributed by atoms with Crippen molar-refractivity contribution < 1.29 is 0 Å². The van der Waals surface area contributed by atoms with E-state index in [1.54, 1.807) is 0 Å². The Labute approximate surface area is 137 Å². The van der Waals surface area contributed by atoms with E-state index < -0.39 is 0 Å². The summed E-state index contributed by atoms with van der Waals surface area (Å²) in [6, 6.07) is 10.8. The van der Waals surface area contributed by atoms with Gasteiger partial charge >= 0.3 is 0 Å². The molecule has 2 atom stereocenters. The Hall–Kier alpha value is -1.63. The monoisotopic (exact) mass is 299 g/mol. The fraction of sp³-hybridized carbons (Fsp3) is 0.476. The molecule has 1 aliphatic rings. The van der Waals surface area contributed by atoms with E-state index in [1.807, 2.05) is 53.9 Å². The van der Waals surface area contributed by atoms with E-state index in [0.717, 1.165) is 0 Å². The third-order valence-corrected chi connectivity index (χ3v) is 3.84. The van der Waals surface area contributed by atoms with Gasteiger partial charge in [0, 0.05) is 18.0 Å². The second kappa shape index (κ2) is 11.0. The van der Waals surface area contributed by atoms with Gasteiger partial charge in [-0.1, -0.05) is 79.7 Å². The number of nitrogens with zero attached hydrogens (tertiary/aromatic N) is 1. The van der Waals surface area contributed by atoms with Crippen LogP contribution in [-0.4, -0.2) is 4.98 Å². The first-order chi connectivity index (χ1) is 10.8. The molecule has 3 rings (SSSR count). The van der Waals surface area contributed by atoms with Gasteiger partial charge in [-0.25, -0.2) is 0 Å². The number of benzene rings is 1. The van der Waals surface area contributed by atoms with E-state index in [-0.39, 0.29) is 0 Å². The minimum atomic E-state index is 0.577. The van der Waals surface area contributed by atoms with E-state index in [0.29, 0.717) is 11.8 Å². The quantitative estimate of drug-likeness (QED) is 0.508. The number of aromatic nitrogens is 1. The molecule has 0 amide bonds. The SMILES string of the molecule is CC.CC.CC.CC1c2ccccc2-c2cnccc2C1C. The number of rotatable bonds is 0. The second-order valence-corrected chi connectivity index (χ2v) is 4.63. The first-order valence-corrected chi connectivity index (χ1v) is 8.82. The van der Waals surface area contributed by atoms with Crippen LogP contribution in [0.2, 0.25) is 0 Å². The molecule has 0 saturated heterocycles. The van der Waals surface area contributed by atoms with E-state index >= 15 is 0 Å². The molecule has 0 fully saturated rings. The van der Waals surface area contributed by atoms with E-state index in [4.69, 9.17) is 0 Å². The summed E-state index contributed by atoms with van der Waals surface area (Å²) in [7, 11) is 0. The van der Waals surface area contributed by atoms with Gasteiger partial charge < -0.3 is 0 Å². The second-order valence-electron chi connectivity index (χ2n) is 4.63. The van der Waals surface area contributed by atoms with Gasteiger partial charge in [-0.2, -0.15) is 0 Å². The van der Waals surface area contributed by atoms with Crippen LogP contribution in [0.1, 0.15) is 78.4 Å². The van der Waals surface area contributed by atoms with Gasteiger partial charge in [0.1, 0.15) is 0 Å². The Balaban J connectivity index is 0.000000661. The van der Waals surface area contributed by atoms with Crippen molar-refractivity contribution in [1.82, 2.24) is 4.98 Å². The van der Waals surface area contributed by atoms with Crippen molar-refractivity contribution in [3.63, 3.8) is 0 Å². The molecule has 22 heavy (non-hydrogen) atoms. The lowest BCUT2D eigenvalue weighted by Gasteiger charge is -2.30. The molecule has 2 unspecified atom stereocenters. The van der Waals surface area contributed by atoms with Crippen LogP contribution in [0.3, 0.4) is 0 Å². The third kappa shape index (κ3) is 4.19. The molecule has 1 aromatic carbocycles. The maximum Gasteiger partial charge on any atom is 0.0349 e. The predicted octanol–water partition coefficient (Wildman–Crippen LogP) is 7.05. The average molecular weight is 300 g/mol. The van der Waals surface area contributed by atoms with Crippen LogP contribution < -0.4 is 0 Å². The maximum absolute atomic E-state index is 4.26. The zero-order valence-corrected chi connectivity index (χ0v) is 15.6. The van der Waals surface area contributed by atoms with Gasteiger partial charge in [0.25, 0.3) is 0 Å². The summed E-state index contributed by atoms with van der Waals surface area (Å²) in [5, 5.41) is 0. The molecular weight excluding hydrogens is 266 g/mol. The van der Waals surface area contributed by atoms with E-state index in [2.05, 4.69) is 49.2 Å². The van der Waals surface area contributed by atoms with Gasteiger partial charge in [0.15, 0.2) is 0 Å². The molecule has 1 nitrogen and oxygen atoms in total. The van der Waals surface area contributed by atoms with E-state index in [1.165, 1.54) is 22.3 Å². The molecule has 1 heteroatoms. The molecule has 0 bridgehead atoms. The van der Waals surface area contributed by atoms with Gasteiger partial charge in [-0.15, -0.1) is 0 Å². The molecule has 122 valence electrons. The predicted molar refractivity (Wildman–Crippen MR) is 101 cm³/mol. The lowest BCUT2D eigenvalue weighted by atomic mass is 9.74. The van der Waals surface area contributed by atoms with Crippen molar-refractivity contribution in [3.8, 4) is 11.1 Å². The van der Waals surface area contributed by atoms with Crippen LogP contribution in [0.25, 0.3) is 11.1 Å². The van der Waals surface area contributed by atoms with Crippen LogP contribution in [-0.2, 0) is 0 Å².